The molecule has 0 aliphatic rings. The van der Waals surface area contributed by atoms with Crippen molar-refractivity contribution in [3.8, 4) is 0 Å². The van der Waals surface area contributed by atoms with Gasteiger partial charge in [0.1, 0.15) is 0 Å². The van der Waals surface area contributed by atoms with Gasteiger partial charge in [-0.1, -0.05) is 48.5 Å². The minimum absolute atomic E-state index is 0.0856. The summed E-state index contributed by atoms with van der Waals surface area (Å²) in [6.45, 7) is 0. The van der Waals surface area contributed by atoms with Crippen molar-refractivity contribution in [1.29, 1.82) is 0 Å². The molecule has 22 heavy (non-hydrogen) atoms. The van der Waals surface area contributed by atoms with Crippen molar-refractivity contribution in [3.05, 3.63) is 71.9 Å². The summed E-state index contributed by atoms with van der Waals surface area (Å²) >= 11 is 0. The largest absolute Gasteiger partial charge is 0.465 e. The molecule has 0 spiro atoms. The highest BCUT2D eigenvalue weighted by atomic mass is 16.5. The predicted octanol–water partition coefficient (Wildman–Crippen LogP) is 3.31. The maximum absolute atomic E-state index is 12.6. The molecule has 0 radical (unpaired) electrons. The first-order valence-corrected chi connectivity index (χ1v) is 6.96. The fraction of sp³-hybridized carbons (Fsp3) is 0.111. The first-order valence-electron chi connectivity index (χ1n) is 6.96. The van der Waals surface area contributed by atoms with Crippen molar-refractivity contribution < 1.29 is 14.3 Å². The molecular formula is C18H15NO3. The van der Waals surface area contributed by atoms with Crippen molar-refractivity contribution in [1.82, 2.24) is 4.57 Å². The molecule has 0 fully saturated rings. The van der Waals surface area contributed by atoms with Crippen LogP contribution >= 0.6 is 0 Å². The molecule has 0 saturated carbocycles. The Balaban J connectivity index is 2.03. The van der Waals surface area contributed by atoms with E-state index in [-0.39, 0.29) is 12.3 Å². The summed E-state index contributed by atoms with van der Waals surface area (Å²) < 4.78 is 6.31. The quantitative estimate of drug-likeness (QED) is 0.696. The van der Waals surface area contributed by atoms with E-state index in [4.69, 9.17) is 4.74 Å². The van der Waals surface area contributed by atoms with Gasteiger partial charge in [0.05, 0.1) is 24.6 Å². The second kappa shape index (κ2) is 5.85. The van der Waals surface area contributed by atoms with Gasteiger partial charge in [0, 0.05) is 11.6 Å². The van der Waals surface area contributed by atoms with E-state index in [1.54, 1.807) is 6.20 Å². The van der Waals surface area contributed by atoms with E-state index < -0.39 is 5.97 Å². The van der Waals surface area contributed by atoms with Crippen LogP contribution in [0.1, 0.15) is 20.7 Å². The average Bonchev–Trinajstić information content (AvgIpc) is 2.95. The Labute approximate surface area is 127 Å². The lowest BCUT2D eigenvalue weighted by atomic mass is 10.1. The molecule has 0 N–H and O–H groups in total. The Morgan fingerprint density at radius 2 is 1.68 bits per heavy atom. The zero-order chi connectivity index (χ0) is 15.5. The molecule has 4 nitrogen and oxygen atoms in total. The smallest absolute Gasteiger partial charge is 0.340 e. The van der Waals surface area contributed by atoms with Crippen LogP contribution in [0, 0.1) is 0 Å². The summed E-state index contributed by atoms with van der Waals surface area (Å²) in [6, 6.07) is 16.8. The lowest BCUT2D eigenvalue weighted by Crippen LogP contribution is -2.12. The summed E-state index contributed by atoms with van der Waals surface area (Å²) in [7, 11) is 1.33. The van der Waals surface area contributed by atoms with Gasteiger partial charge in [0.15, 0.2) is 0 Å². The van der Waals surface area contributed by atoms with Gasteiger partial charge in [-0.15, -0.1) is 0 Å². The Hall–Kier alpha value is -2.88. The van der Waals surface area contributed by atoms with Gasteiger partial charge in [0.25, 0.3) is 0 Å². The van der Waals surface area contributed by atoms with Crippen LogP contribution in [0.2, 0.25) is 0 Å². The van der Waals surface area contributed by atoms with Crippen LogP contribution < -0.4 is 0 Å². The molecular weight excluding hydrogens is 278 g/mol. The molecule has 0 aliphatic carbocycles. The molecule has 1 heterocycles. The summed E-state index contributed by atoms with van der Waals surface area (Å²) in [5, 5.41) is 0.718. The van der Waals surface area contributed by atoms with E-state index in [1.807, 2.05) is 54.6 Å². The molecule has 3 rings (SSSR count). The maximum atomic E-state index is 12.6. The molecule has 0 bridgehead atoms. The van der Waals surface area contributed by atoms with Gasteiger partial charge < -0.3 is 4.74 Å². The summed E-state index contributed by atoms with van der Waals surface area (Å²) in [5.41, 5.74) is 2.05. The van der Waals surface area contributed by atoms with Crippen LogP contribution in [0.5, 0.6) is 0 Å². The standard InChI is InChI=1S/C18H15NO3/c1-22-18(21)15-12-19(16-10-6-5-9-14(15)16)17(20)11-13-7-3-2-4-8-13/h2-10,12H,11H2,1H3. The molecule has 2 aromatic carbocycles. The van der Waals surface area contributed by atoms with Crippen molar-refractivity contribution >= 4 is 22.8 Å². The summed E-state index contributed by atoms with van der Waals surface area (Å²) in [5.74, 6) is -0.528. The third-order valence-corrected chi connectivity index (χ3v) is 3.58. The van der Waals surface area contributed by atoms with Crippen molar-refractivity contribution in [2.45, 2.75) is 6.42 Å². The Morgan fingerprint density at radius 3 is 2.41 bits per heavy atom. The second-order valence-corrected chi connectivity index (χ2v) is 4.98. The number of benzene rings is 2. The SMILES string of the molecule is COC(=O)c1cn(C(=O)Cc2ccccc2)c2ccccc12. The maximum Gasteiger partial charge on any atom is 0.340 e. The minimum Gasteiger partial charge on any atom is -0.465 e. The normalized spacial score (nSPS) is 10.6. The highest BCUT2D eigenvalue weighted by Gasteiger charge is 2.18. The monoisotopic (exact) mass is 293 g/mol. The van der Waals surface area contributed by atoms with Gasteiger partial charge in [-0.25, -0.2) is 4.79 Å². The number of methoxy groups -OCH3 is 1. The highest BCUT2D eigenvalue weighted by Crippen LogP contribution is 2.22. The second-order valence-electron chi connectivity index (χ2n) is 4.98. The number of para-hydroxylation sites is 1. The number of aromatic nitrogens is 1. The zero-order valence-electron chi connectivity index (χ0n) is 12.2. The van der Waals surface area contributed by atoms with Crippen LogP contribution in [0.15, 0.2) is 60.8 Å². The molecule has 0 amide bonds. The number of rotatable bonds is 3. The number of fused-ring (bicyclic) bond motifs is 1. The Bertz CT molecular complexity index is 834. The van der Waals surface area contributed by atoms with Gasteiger partial charge >= 0.3 is 5.97 Å². The molecule has 3 aromatic rings. The lowest BCUT2D eigenvalue weighted by Gasteiger charge is -2.04. The summed E-state index contributed by atoms with van der Waals surface area (Å²) in [6.07, 6.45) is 1.84. The predicted molar refractivity (Wildman–Crippen MR) is 84.1 cm³/mol. The number of carbonyl (C=O) groups excluding carboxylic acids is 2. The molecule has 0 aliphatic heterocycles. The van der Waals surface area contributed by atoms with Gasteiger partial charge in [-0.3, -0.25) is 9.36 Å². The Kier molecular flexibility index (Phi) is 3.74. The highest BCUT2D eigenvalue weighted by molar-refractivity contribution is 6.07. The van der Waals surface area contributed by atoms with E-state index in [9.17, 15) is 9.59 Å². The van der Waals surface area contributed by atoms with Crippen molar-refractivity contribution in [3.63, 3.8) is 0 Å². The number of esters is 1. The van der Waals surface area contributed by atoms with Gasteiger partial charge in [-0.05, 0) is 11.6 Å². The van der Waals surface area contributed by atoms with Gasteiger partial charge in [0.2, 0.25) is 5.91 Å². The summed E-state index contributed by atoms with van der Waals surface area (Å²) in [4.78, 5) is 24.4. The minimum atomic E-state index is -0.442. The van der Waals surface area contributed by atoms with Crippen molar-refractivity contribution in [2.24, 2.45) is 0 Å². The number of nitrogens with zero attached hydrogens (tertiary/aromatic N) is 1. The lowest BCUT2D eigenvalue weighted by molar-refractivity contribution is 0.0603. The average molecular weight is 293 g/mol. The van der Waals surface area contributed by atoms with Crippen molar-refractivity contribution in [2.75, 3.05) is 7.11 Å². The van der Waals surface area contributed by atoms with Gasteiger partial charge in [-0.2, -0.15) is 0 Å². The first-order chi connectivity index (χ1) is 10.7. The zero-order valence-corrected chi connectivity index (χ0v) is 12.2. The van der Waals surface area contributed by atoms with Crippen LogP contribution in [-0.4, -0.2) is 23.6 Å². The molecule has 110 valence electrons. The fourth-order valence-electron chi connectivity index (χ4n) is 2.51. The number of ether oxygens (including phenoxy) is 1. The van der Waals surface area contributed by atoms with Crippen LogP contribution in [0.25, 0.3) is 10.9 Å². The fourth-order valence-corrected chi connectivity index (χ4v) is 2.51. The molecule has 0 saturated heterocycles. The van der Waals surface area contributed by atoms with Crippen LogP contribution in [0.4, 0.5) is 0 Å². The number of hydrogen-bond donors (Lipinski definition) is 0. The molecule has 0 unspecified atom stereocenters. The van der Waals surface area contributed by atoms with E-state index in [2.05, 4.69) is 0 Å². The number of hydrogen-bond acceptors (Lipinski definition) is 3. The van der Waals surface area contributed by atoms with E-state index in [1.165, 1.54) is 11.7 Å². The topological polar surface area (TPSA) is 48.3 Å². The Morgan fingerprint density at radius 1 is 1.00 bits per heavy atom. The van der Waals surface area contributed by atoms with E-state index >= 15 is 0 Å². The van der Waals surface area contributed by atoms with Crippen LogP contribution in [0.3, 0.4) is 0 Å². The third-order valence-electron chi connectivity index (χ3n) is 3.58. The number of carbonyl (C=O) groups is 2. The first kappa shape index (κ1) is 14.1. The molecule has 0 atom stereocenters. The third kappa shape index (κ3) is 2.51. The molecule has 1 aromatic heterocycles. The van der Waals surface area contributed by atoms with E-state index in [0.717, 1.165) is 10.9 Å². The molecule has 4 heteroatoms. The van der Waals surface area contributed by atoms with E-state index in [0.29, 0.717) is 11.1 Å². The van der Waals surface area contributed by atoms with Crippen LogP contribution in [-0.2, 0) is 11.2 Å².